The van der Waals surface area contributed by atoms with Crippen LogP contribution in [0.3, 0.4) is 0 Å². The van der Waals surface area contributed by atoms with Gasteiger partial charge >= 0.3 is 0 Å². The first-order valence-corrected chi connectivity index (χ1v) is 7.32. The lowest BCUT2D eigenvalue weighted by molar-refractivity contribution is 0.0964. The molecule has 1 aromatic rings. The van der Waals surface area contributed by atoms with Gasteiger partial charge < -0.3 is 0 Å². The Morgan fingerprint density at radius 1 is 1.40 bits per heavy atom. The Hall–Kier alpha value is 0.140. The summed E-state index contributed by atoms with van der Waals surface area (Å²) in [7, 11) is 0. The molecule has 2 unspecified atom stereocenters. The van der Waals surface area contributed by atoms with E-state index in [0.29, 0.717) is 0 Å². The van der Waals surface area contributed by atoms with Crippen LogP contribution in [0.25, 0.3) is 0 Å². The second-order valence-corrected chi connectivity index (χ2v) is 6.44. The van der Waals surface area contributed by atoms with E-state index in [4.69, 9.17) is 0 Å². The summed E-state index contributed by atoms with van der Waals surface area (Å²) < 4.78 is 1.22. The van der Waals surface area contributed by atoms with Crippen LogP contribution in [0, 0.1) is 0 Å². The van der Waals surface area contributed by atoms with Crippen LogP contribution < -0.4 is 0 Å². The van der Waals surface area contributed by atoms with Crippen LogP contribution in [0.15, 0.2) is 15.9 Å². The number of nitrogens with zero attached hydrogens (tertiary/aromatic N) is 1. The van der Waals surface area contributed by atoms with Gasteiger partial charge in [-0.1, -0.05) is 6.42 Å². The third-order valence-corrected chi connectivity index (χ3v) is 5.02. The lowest BCUT2D eigenvalue weighted by Gasteiger charge is -2.38. The monoisotopic (exact) mass is 287 g/mol. The minimum atomic E-state index is 0.745. The van der Waals surface area contributed by atoms with E-state index >= 15 is 0 Å². The summed E-state index contributed by atoms with van der Waals surface area (Å²) in [5.74, 6) is 0. The molecule has 15 heavy (non-hydrogen) atoms. The molecule has 1 fully saturated rings. The van der Waals surface area contributed by atoms with Crippen molar-refractivity contribution >= 4 is 27.3 Å². The molecule has 3 heteroatoms. The SMILES string of the molecule is CC1CCCC(C)N1Cc1cc(Br)cs1. The molecule has 0 radical (unpaired) electrons. The molecule has 2 rings (SSSR count). The largest absolute Gasteiger partial charge is 0.293 e. The van der Waals surface area contributed by atoms with E-state index in [0.717, 1.165) is 18.6 Å². The summed E-state index contributed by atoms with van der Waals surface area (Å²) >= 11 is 5.38. The van der Waals surface area contributed by atoms with Crippen LogP contribution in [0.4, 0.5) is 0 Å². The zero-order chi connectivity index (χ0) is 10.8. The molecule has 0 bridgehead atoms. The minimum Gasteiger partial charge on any atom is -0.293 e. The van der Waals surface area contributed by atoms with E-state index in [-0.39, 0.29) is 0 Å². The third kappa shape index (κ3) is 2.83. The van der Waals surface area contributed by atoms with Gasteiger partial charge in [0, 0.05) is 33.4 Å². The van der Waals surface area contributed by atoms with Crippen molar-refractivity contribution in [2.75, 3.05) is 0 Å². The van der Waals surface area contributed by atoms with Gasteiger partial charge in [-0.25, -0.2) is 0 Å². The molecule has 1 aliphatic heterocycles. The van der Waals surface area contributed by atoms with Crippen molar-refractivity contribution in [3.8, 4) is 0 Å². The van der Waals surface area contributed by atoms with Gasteiger partial charge in [-0.3, -0.25) is 4.90 Å². The number of likely N-dealkylation sites (tertiary alicyclic amines) is 1. The minimum absolute atomic E-state index is 0.745. The molecular formula is C12H18BrNS. The summed E-state index contributed by atoms with van der Waals surface area (Å²) in [5.41, 5.74) is 0. The van der Waals surface area contributed by atoms with E-state index in [1.54, 1.807) is 0 Å². The molecule has 0 amide bonds. The Kier molecular flexibility index (Phi) is 3.86. The highest BCUT2D eigenvalue weighted by Gasteiger charge is 2.24. The predicted octanol–water partition coefficient (Wildman–Crippen LogP) is 4.27. The molecule has 84 valence electrons. The Labute approximate surface area is 105 Å². The van der Waals surface area contributed by atoms with E-state index in [1.165, 1.54) is 28.6 Å². The number of rotatable bonds is 2. The van der Waals surface area contributed by atoms with E-state index in [9.17, 15) is 0 Å². The lowest BCUT2D eigenvalue weighted by Crippen LogP contribution is -2.42. The van der Waals surface area contributed by atoms with Crippen molar-refractivity contribution in [3.63, 3.8) is 0 Å². The average Bonchev–Trinajstić information content (AvgIpc) is 2.58. The van der Waals surface area contributed by atoms with Gasteiger partial charge in [0.1, 0.15) is 0 Å². The topological polar surface area (TPSA) is 3.24 Å². The Bertz CT molecular complexity index is 313. The molecule has 0 spiro atoms. The fourth-order valence-electron chi connectivity index (χ4n) is 2.40. The van der Waals surface area contributed by atoms with Crippen molar-refractivity contribution in [3.05, 3.63) is 20.8 Å². The van der Waals surface area contributed by atoms with Crippen molar-refractivity contribution in [1.29, 1.82) is 0 Å². The van der Waals surface area contributed by atoms with Crippen molar-refractivity contribution in [2.45, 2.75) is 51.7 Å². The summed E-state index contributed by atoms with van der Waals surface area (Å²) in [4.78, 5) is 4.12. The highest BCUT2D eigenvalue weighted by atomic mass is 79.9. The summed E-state index contributed by atoms with van der Waals surface area (Å²) in [6.45, 7) is 5.84. The molecule has 0 aromatic carbocycles. The van der Waals surface area contributed by atoms with E-state index in [1.807, 2.05) is 11.3 Å². The first kappa shape index (κ1) is 11.6. The molecule has 2 heterocycles. The quantitative estimate of drug-likeness (QED) is 0.785. The zero-order valence-corrected chi connectivity index (χ0v) is 11.8. The van der Waals surface area contributed by atoms with Crippen LogP contribution in [0.5, 0.6) is 0 Å². The van der Waals surface area contributed by atoms with Crippen LogP contribution >= 0.6 is 27.3 Å². The number of hydrogen-bond donors (Lipinski definition) is 0. The van der Waals surface area contributed by atoms with Crippen molar-refractivity contribution < 1.29 is 0 Å². The molecule has 2 atom stereocenters. The van der Waals surface area contributed by atoms with Gasteiger partial charge in [0.25, 0.3) is 0 Å². The second-order valence-electron chi connectivity index (χ2n) is 4.53. The maximum Gasteiger partial charge on any atom is 0.0333 e. The highest BCUT2D eigenvalue weighted by Crippen LogP contribution is 2.27. The smallest absolute Gasteiger partial charge is 0.0333 e. The van der Waals surface area contributed by atoms with E-state index in [2.05, 4.69) is 46.1 Å². The molecule has 1 aromatic heterocycles. The normalized spacial score (nSPS) is 28.2. The Balaban J connectivity index is 2.03. The van der Waals surface area contributed by atoms with Gasteiger partial charge in [0.05, 0.1) is 0 Å². The first-order chi connectivity index (χ1) is 7.16. The van der Waals surface area contributed by atoms with Crippen LogP contribution in [0.2, 0.25) is 0 Å². The van der Waals surface area contributed by atoms with Gasteiger partial charge in [0.15, 0.2) is 0 Å². The molecular weight excluding hydrogens is 270 g/mol. The molecule has 1 nitrogen and oxygen atoms in total. The maximum absolute atomic E-state index is 3.52. The Morgan fingerprint density at radius 2 is 2.07 bits per heavy atom. The summed E-state index contributed by atoms with van der Waals surface area (Å²) in [6.07, 6.45) is 4.11. The summed E-state index contributed by atoms with van der Waals surface area (Å²) in [6, 6.07) is 3.74. The number of hydrogen-bond acceptors (Lipinski definition) is 2. The Morgan fingerprint density at radius 3 is 2.60 bits per heavy atom. The zero-order valence-electron chi connectivity index (χ0n) is 9.37. The van der Waals surface area contributed by atoms with E-state index < -0.39 is 0 Å². The molecule has 0 aliphatic carbocycles. The van der Waals surface area contributed by atoms with Gasteiger partial charge in [0.2, 0.25) is 0 Å². The summed E-state index contributed by atoms with van der Waals surface area (Å²) in [5, 5.41) is 2.18. The molecule has 0 saturated carbocycles. The molecule has 1 aliphatic rings. The highest BCUT2D eigenvalue weighted by molar-refractivity contribution is 9.10. The fraction of sp³-hybridized carbons (Fsp3) is 0.667. The van der Waals surface area contributed by atoms with Gasteiger partial charge in [-0.15, -0.1) is 11.3 Å². The first-order valence-electron chi connectivity index (χ1n) is 5.65. The molecule has 0 N–H and O–H groups in total. The van der Waals surface area contributed by atoms with Crippen LogP contribution in [-0.4, -0.2) is 17.0 Å². The lowest BCUT2D eigenvalue weighted by atomic mass is 9.97. The number of piperidine rings is 1. The van der Waals surface area contributed by atoms with Crippen LogP contribution in [0.1, 0.15) is 38.0 Å². The van der Waals surface area contributed by atoms with Crippen molar-refractivity contribution in [1.82, 2.24) is 4.90 Å². The number of halogens is 1. The van der Waals surface area contributed by atoms with Gasteiger partial charge in [-0.2, -0.15) is 0 Å². The third-order valence-electron chi connectivity index (χ3n) is 3.34. The maximum atomic E-state index is 3.52. The molecule has 1 saturated heterocycles. The standard InChI is InChI=1S/C12H18BrNS/c1-9-4-3-5-10(2)14(9)7-12-6-11(13)8-15-12/h6,8-10H,3-5,7H2,1-2H3. The second kappa shape index (κ2) is 4.98. The number of thiophene rings is 1. The van der Waals surface area contributed by atoms with Crippen molar-refractivity contribution in [2.24, 2.45) is 0 Å². The fourth-order valence-corrected chi connectivity index (χ4v) is 3.86. The average molecular weight is 288 g/mol. The van der Waals surface area contributed by atoms with Crippen LogP contribution in [-0.2, 0) is 6.54 Å². The van der Waals surface area contributed by atoms with Gasteiger partial charge in [-0.05, 0) is 48.7 Å². The predicted molar refractivity (Wildman–Crippen MR) is 70.3 cm³/mol.